The Morgan fingerprint density at radius 1 is 1.22 bits per heavy atom. The number of hydrogen-bond donors (Lipinski definition) is 1. The maximum absolute atomic E-state index is 10.3. The number of nitrogens with zero attached hydrogens (tertiary/aromatic N) is 1. The van der Waals surface area contributed by atoms with Gasteiger partial charge in [0.25, 0.3) is 0 Å². The van der Waals surface area contributed by atoms with Crippen LogP contribution in [-0.2, 0) is 14.1 Å². The first-order valence-electron chi connectivity index (χ1n) is 5.87. The number of hydrogen-bond acceptors (Lipinski definition) is 4. The van der Waals surface area contributed by atoms with Crippen molar-refractivity contribution in [1.82, 2.24) is 4.98 Å². The van der Waals surface area contributed by atoms with Crippen molar-refractivity contribution in [3.8, 4) is 0 Å². The van der Waals surface area contributed by atoms with Crippen LogP contribution in [0.2, 0.25) is 0 Å². The molecular weight excluding hydrogens is 231 g/mol. The molecule has 6 heteroatoms. The molecule has 1 aromatic rings. The number of amides is 1. The molecule has 1 fully saturated rings. The summed E-state index contributed by atoms with van der Waals surface area (Å²) in [6.45, 7) is 7.98. The van der Waals surface area contributed by atoms with Gasteiger partial charge in [-0.3, -0.25) is 9.78 Å². The average molecular weight is 248 g/mol. The molecular formula is C12H17BN2O3. The molecule has 1 amide bonds. The maximum Gasteiger partial charge on any atom is 0.514 e. The van der Waals surface area contributed by atoms with Gasteiger partial charge in [0, 0.05) is 6.20 Å². The van der Waals surface area contributed by atoms with Gasteiger partial charge in [-0.25, -0.2) is 0 Å². The SMILES string of the molecule is CC1(C)OB(c2ccc(NC=O)cn2)OC1(C)C. The Balaban J connectivity index is 2.17. The molecule has 1 N–H and O–H groups in total. The fraction of sp³-hybridized carbons (Fsp3) is 0.500. The number of pyridine rings is 1. The van der Waals surface area contributed by atoms with Gasteiger partial charge in [0.05, 0.1) is 22.5 Å². The summed E-state index contributed by atoms with van der Waals surface area (Å²) in [5, 5.41) is 2.53. The van der Waals surface area contributed by atoms with Crippen molar-refractivity contribution < 1.29 is 14.1 Å². The zero-order chi connectivity index (χ0) is 13.4. The van der Waals surface area contributed by atoms with Crippen LogP contribution in [0.25, 0.3) is 0 Å². The molecule has 1 saturated heterocycles. The van der Waals surface area contributed by atoms with E-state index in [1.165, 1.54) is 0 Å². The minimum absolute atomic E-state index is 0.376. The second kappa shape index (κ2) is 4.37. The van der Waals surface area contributed by atoms with Crippen molar-refractivity contribution >= 4 is 24.8 Å². The Bertz CT molecular complexity index is 429. The molecule has 0 spiro atoms. The Morgan fingerprint density at radius 2 is 1.83 bits per heavy atom. The van der Waals surface area contributed by atoms with Crippen molar-refractivity contribution in [2.24, 2.45) is 0 Å². The van der Waals surface area contributed by atoms with E-state index in [-0.39, 0.29) is 11.2 Å². The molecule has 1 aromatic heterocycles. The average Bonchev–Trinajstić information content (AvgIpc) is 2.50. The molecule has 5 nitrogen and oxygen atoms in total. The highest BCUT2D eigenvalue weighted by Gasteiger charge is 2.52. The summed E-state index contributed by atoms with van der Waals surface area (Å²) in [4.78, 5) is 14.5. The summed E-state index contributed by atoms with van der Waals surface area (Å²) in [5.74, 6) is 0. The van der Waals surface area contributed by atoms with Gasteiger partial charge in [0.2, 0.25) is 6.41 Å². The molecule has 0 aromatic carbocycles. The zero-order valence-corrected chi connectivity index (χ0v) is 11.1. The third kappa shape index (κ3) is 2.26. The molecule has 2 heterocycles. The molecule has 2 rings (SSSR count). The van der Waals surface area contributed by atoms with Gasteiger partial charge in [-0.2, -0.15) is 0 Å². The number of nitrogens with one attached hydrogen (secondary N) is 1. The van der Waals surface area contributed by atoms with Crippen molar-refractivity contribution in [2.45, 2.75) is 38.9 Å². The van der Waals surface area contributed by atoms with Gasteiger partial charge in [-0.05, 0) is 39.8 Å². The molecule has 0 atom stereocenters. The quantitative estimate of drug-likeness (QED) is 0.639. The summed E-state index contributed by atoms with van der Waals surface area (Å²) in [6, 6.07) is 3.55. The lowest BCUT2D eigenvalue weighted by Crippen LogP contribution is -2.41. The van der Waals surface area contributed by atoms with Gasteiger partial charge in [0.1, 0.15) is 0 Å². The molecule has 0 radical (unpaired) electrons. The lowest BCUT2D eigenvalue weighted by Gasteiger charge is -2.32. The predicted octanol–water partition coefficient (Wildman–Crippen LogP) is 0.949. The van der Waals surface area contributed by atoms with E-state index in [0.717, 1.165) is 0 Å². The van der Waals surface area contributed by atoms with Crippen LogP contribution in [-0.4, -0.2) is 29.7 Å². The molecule has 18 heavy (non-hydrogen) atoms. The van der Waals surface area contributed by atoms with Gasteiger partial charge in [0.15, 0.2) is 0 Å². The first-order chi connectivity index (χ1) is 8.36. The highest BCUT2D eigenvalue weighted by molar-refractivity contribution is 6.61. The van der Waals surface area contributed by atoms with Gasteiger partial charge in [-0.1, -0.05) is 0 Å². The van der Waals surface area contributed by atoms with E-state index in [0.29, 0.717) is 17.7 Å². The van der Waals surface area contributed by atoms with Crippen molar-refractivity contribution in [2.75, 3.05) is 5.32 Å². The largest absolute Gasteiger partial charge is 0.514 e. The number of anilines is 1. The Morgan fingerprint density at radius 3 is 2.28 bits per heavy atom. The van der Waals surface area contributed by atoms with E-state index in [1.54, 1.807) is 18.3 Å². The van der Waals surface area contributed by atoms with Crippen LogP contribution in [0.5, 0.6) is 0 Å². The van der Waals surface area contributed by atoms with Gasteiger partial charge in [-0.15, -0.1) is 0 Å². The third-order valence-corrected chi connectivity index (χ3v) is 3.51. The van der Waals surface area contributed by atoms with Crippen LogP contribution in [0.4, 0.5) is 5.69 Å². The van der Waals surface area contributed by atoms with Gasteiger partial charge < -0.3 is 14.6 Å². The van der Waals surface area contributed by atoms with E-state index in [1.807, 2.05) is 27.7 Å². The topological polar surface area (TPSA) is 60.5 Å². The van der Waals surface area contributed by atoms with Crippen molar-refractivity contribution in [1.29, 1.82) is 0 Å². The number of rotatable bonds is 3. The molecule has 96 valence electrons. The second-order valence-electron chi connectivity index (χ2n) is 5.32. The summed E-state index contributed by atoms with van der Waals surface area (Å²) in [5.41, 5.74) is 0.591. The monoisotopic (exact) mass is 248 g/mol. The zero-order valence-electron chi connectivity index (χ0n) is 11.1. The van der Waals surface area contributed by atoms with E-state index in [9.17, 15) is 4.79 Å². The number of carbonyl (C=O) groups excluding carboxylic acids is 1. The Labute approximate surface area is 107 Å². The van der Waals surface area contributed by atoms with Crippen LogP contribution in [0.3, 0.4) is 0 Å². The summed E-state index contributed by atoms with van der Waals surface area (Å²) >= 11 is 0. The summed E-state index contributed by atoms with van der Waals surface area (Å²) in [7, 11) is -0.472. The third-order valence-electron chi connectivity index (χ3n) is 3.51. The highest BCUT2D eigenvalue weighted by Crippen LogP contribution is 2.36. The maximum atomic E-state index is 10.3. The molecule has 1 aliphatic heterocycles. The molecule has 1 aliphatic rings. The number of aromatic nitrogens is 1. The highest BCUT2D eigenvalue weighted by atomic mass is 16.7. The van der Waals surface area contributed by atoms with E-state index < -0.39 is 7.12 Å². The van der Waals surface area contributed by atoms with E-state index >= 15 is 0 Å². The normalized spacial score (nSPS) is 20.8. The molecule has 0 bridgehead atoms. The minimum Gasteiger partial charge on any atom is -0.398 e. The fourth-order valence-electron chi connectivity index (χ4n) is 1.66. The Hall–Kier alpha value is -1.40. The fourth-order valence-corrected chi connectivity index (χ4v) is 1.66. The van der Waals surface area contributed by atoms with Crippen LogP contribution < -0.4 is 10.9 Å². The van der Waals surface area contributed by atoms with E-state index in [4.69, 9.17) is 9.31 Å². The van der Waals surface area contributed by atoms with Crippen LogP contribution in [0, 0.1) is 0 Å². The molecule has 0 unspecified atom stereocenters. The minimum atomic E-state index is -0.472. The Kier molecular flexibility index (Phi) is 3.17. The second-order valence-corrected chi connectivity index (χ2v) is 5.32. The lowest BCUT2D eigenvalue weighted by molar-refractivity contribution is -0.105. The van der Waals surface area contributed by atoms with Gasteiger partial charge >= 0.3 is 7.12 Å². The van der Waals surface area contributed by atoms with Crippen LogP contribution in [0.15, 0.2) is 18.3 Å². The van der Waals surface area contributed by atoms with Crippen LogP contribution in [0.1, 0.15) is 27.7 Å². The summed E-state index contributed by atoms with van der Waals surface area (Å²) in [6.07, 6.45) is 2.19. The summed E-state index contributed by atoms with van der Waals surface area (Å²) < 4.78 is 11.8. The van der Waals surface area contributed by atoms with E-state index in [2.05, 4.69) is 10.3 Å². The van der Waals surface area contributed by atoms with Crippen molar-refractivity contribution in [3.05, 3.63) is 18.3 Å². The molecule has 0 aliphatic carbocycles. The first-order valence-corrected chi connectivity index (χ1v) is 5.87. The smallest absolute Gasteiger partial charge is 0.398 e. The standard InChI is InChI=1S/C12H17BN2O3/c1-11(2)12(3,4)18-13(17-11)10-6-5-9(7-14-10)15-8-16/h5-8H,1-4H3,(H,15,16). The first kappa shape index (κ1) is 13.0. The predicted molar refractivity (Wildman–Crippen MR) is 69.6 cm³/mol. The van der Waals surface area contributed by atoms with Crippen LogP contribution >= 0.6 is 0 Å². The lowest BCUT2D eigenvalue weighted by atomic mass is 9.84. The molecule has 0 saturated carbocycles. The number of carbonyl (C=O) groups is 1. The van der Waals surface area contributed by atoms with Crippen molar-refractivity contribution in [3.63, 3.8) is 0 Å².